The van der Waals surface area contributed by atoms with E-state index in [1.54, 1.807) is 19.1 Å². The van der Waals surface area contributed by atoms with Crippen molar-refractivity contribution in [2.24, 2.45) is 0 Å². The molecule has 4 rings (SSSR count). The fourth-order valence-corrected chi connectivity index (χ4v) is 4.61. The number of hydrogen-bond donors (Lipinski definition) is 2. The highest BCUT2D eigenvalue weighted by molar-refractivity contribution is 6.36. The molecule has 0 amide bonds. The van der Waals surface area contributed by atoms with Gasteiger partial charge in [-0.15, -0.1) is 0 Å². The van der Waals surface area contributed by atoms with Crippen LogP contribution in [0.3, 0.4) is 0 Å². The lowest BCUT2D eigenvalue weighted by atomic mass is 10.1. The molecular formula is C26H28Cl2FN3O4. The van der Waals surface area contributed by atoms with Gasteiger partial charge in [0.15, 0.2) is 11.6 Å². The number of aliphatic hydroxyl groups is 1. The molecule has 3 aromatic rings. The monoisotopic (exact) mass is 535 g/mol. The van der Waals surface area contributed by atoms with Gasteiger partial charge in [-0.05, 0) is 55.5 Å². The minimum atomic E-state index is -0.648. The molecule has 1 aliphatic heterocycles. The van der Waals surface area contributed by atoms with Crippen LogP contribution in [0.25, 0.3) is 11.3 Å². The number of rotatable bonds is 9. The van der Waals surface area contributed by atoms with Crippen LogP contribution in [0, 0.1) is 5.82 Å². The van der Waals surface area contributed by atoms with E-state index in [2.05, 4.69) is 9.88 Å². The zero-order valence-electron chi connectivity index (χ0n) is 19.8. The SMILES string of the molecule is CC(Oc1ccc(-c2ccc(OCC(O)CN3CCOCC3)cc2)nc1N)c1c(Cl)ccc(F)c1Cl. The molecule has 2 unspecified atom stereocenters. The van der Waals surface area contributed by atoms with E-state index >= 15 is 0 Å². The second-order valence-electron chi connectivity index (χ2n) is 8.50. The standard InChI is InChI=1S/C26H28Cl2FN3O4/c1-16(24-20(27)6-7-21(29)25(24)28)36-23-9-8-22(31-26(23)30)17-2-4-19(5-3-17)35-15-18(33)14-32-10-12-34-13-11-32/h2-9,16,18,33H,10-15H2,1H3,(H2,30,31). The molecule has 1 aromatic heterocycles. The van der Waals surface area contributed by atoms with E-state index in [0.29, 0.717) is 47.5 Å². The van der Waals surface area contributed by atoms with Crippen molar-refractivity contribution in [1.82, 2.24) is 9.88 Å². The summed E-state index contributed by atoms with van der Waals surface area (Å²) in [5.74, 6) is 0.573. The van der Waals surface area contributed by atoms with Gasteiger partial charge in [0.1, 0.15) is 30.4 Å². The topological polar surface area (TPSA) is 90.1 Å². The maximum absolute atomic E-state index is 13.9. The van der Waals surface area contributed by atoms with E-state index in [1.807, 2.05) is 24.3 Å². The number of nitrogen functional groups attached to an aromatic ring is 1. The summed E-state index contributed by atoms with van der Waals surface area (Å²) in [6.07, 6.45) is -1.23. The van der Waals surface area contributed by atoms with Crippen LogP contribution in [0.1, 0.15) is 18.6 Å². The number of nitrogens with two attached hydrogens (primary N) is 1. The molecule has 2 heterocycles. The molecule has 0 bridgehead atoms. The summed E-state index contributed by atoms with van der Waals surface area (Å²) in [5.41, 5.74) is 7.96. The summed E-state index contributed by atoms with van der Waals surface area (Å²) >= 11 is 12.3. The molecule has 3 N–H and O–H groups in total. The van der Waals surface area contributed by atoms with Gasteiger partial charge in [0.2, 0.25) is 0 Å². The Kier molecular flexibility index (Phi) is 8.87. The summed E-state index contributed by atoms with van der Waals surface area (Å²) in [5, 5.41) is 10.5. The van der Waals surface area contributed by atoms with E-state index in [-0.39, 0.29) is 17.4 Å². The lowest BCUT2D eigenvalue weighted by molar-refractivity contribution is 0.00465. The number of β-amino-alcohol motifs (C(OH)–C–C–N with tert-alkyl or cyclic N) is 1. The molecule has 36 heavy (non-hydrogen) atoms. The van der Waals surface area contributed by atoms with E-state index in [0.717, 1.165) is 18.7 Å². The fourth-order valence-electron chi connectivity index (χ4n) is 3.94. The third kappa shape index (κ3) is 6.57. The number of morpholine rings is 1. The lowest BCUT2D eigenvalue weighted by Crippen LogP contribution is -2.42. The largest absolute Gasteiger partial charge is 0.491 e. The van der Waals surface area contributed by atoms with E-state index in [9.17, 15) is 9.50 Å². The minimum absolute atomic E-state index is 0.0888. The molecule has 0 saturated carbocycles. The first kappa shape index (κ1) is 26.4. The van der Waals surface area contributed by atoms with Crippen molar-refractivity contribution >= 4 is 29.0 Å². The van der Waals surface area contributed by atoms with Crippen molar-refractivity contribution < 1.29 is 23.7 Å². The third-order valence-electron chi connectivity index (χ3n) is 5.84. The van der Waals surface area contributed by atoms with Gasteiger partial charge in [0.25, 0.3) is 0 Å². The summed E-state index contributed by atoms with van der Waals surface area (Å²) < 4.78 is 30.8. The normalized spacial score (nSPS) is 15.9. The van der Waals surface area contributed by atoms with Gasteiger partial charge >= 0.3 is 0 Å². The van der Waals surface area contributed by atoms with Crippen molar-refractivity contribution in [2.45, 2.75) is 19.1 Å². The van der Waals surface area contributed by atoms with Crippen LogP contribution in [-0.4, -0.2) is 60.5 Å². The summed E-state index contributed by atoms with van der Waals surface area (Å²) in [6, 6.07) is 13.5. The number of pyridine rings is 1. The van der Waals surface area contributed by atoms with E-state index in [1.165, 1.54) is 12.1 Å². The van der Waals surface area contributed by atoms with Gasteiger partial charge in [0, 0.05) is 35.8 Å². The molecule has 192 valence electrons. The first-order valence-electron chi connectivity index (χ1n) is 11.6. The number of aliphatic hydroxyl groups excluding tert-OH is 1. The zero-order valence-corrected chi connectivity index (χ0v) is 21.3. The van der Waals surface area contributed by atoms with E-state index in [4.69, 9.17) is 43.1 Å². The van der Waals surface area contributed by atoms with Crippen LogP contribution in [-0.2, 0) is 4.74 Å². The van der Waals surface area contributed by atoms with Crippen LogP contribution < -0.4 is 15.2 Å². The number of halogens is 3. The van der Waals surface area contributed by atoms with Gasteiger partial charge in [-0.2, -0.15) is 0 Å². The predicted molar refractivity (Wildman–Crippen MR) is 138 cm³/mol. The molecule has 2 aromatic carbocycles. The van der Waals surface area contributed by atoms with Crippen LogP contribution in [0.4, 0.5) is 10.2 Å². The molecule has 1 fully saturated rings. The second kappa shape index (κ2) is 12.1. The Morgan fingerprint density at radius 2 is 1.83 bits per heavy atom. The molecule has 2 atom stereocenters. The van der Waals surface area contributed by atoms with Crippen molar-refractivity contribution in [3.8, 4) is 22.8 Å². The Hall–Kier alpha value is -2.62. The van der Waals surface area contributed by atoms with Gasteiger partial charge in [-0.25, -0.2) is 9.37 Å². The Labute approximate surface area is 219 Å². The maximum atomic E-state index is 13.9. The Balaban J connectivity index is 1.36. The van der Waals surface area contributed by atoms with Gasteiger partial charge in [-0.3, -0.25) is 4.90 Å². The first-order valence-corrected chi connectivity index (χ1v) is 12.4. The zero-order chi connectivity index (χ0) is 25.7. The predicted octanol–water partition coefficient (Wildman–Crippen LogP) is 4.99. The molecule has 1 saturated heterocycles. The summed E-state index contributed by atoms with van der Waals surface area (Å²) in [4.78, 5) is 6.60. The van der Waals surface area contributed by atoms with Gasteiger partial charge in [-0.1, -0.05) is 23.2 Å². The van der Waals surface area contributed by atoms with Crippen LogP contribution in [0.2, 0.25) is 10.0 Å². The van der Waals surface area contributed by atoms with Crippen molar-refractivity contribution in [2.75, 3.05) is 45.2 Å². The van der Waals surface area contributed by atoms with E-state index < -0.39 is 18.0 Å². The summed E-state index contributed by atoms with van der Waals surface area (Å²) in [6.45, 7) is 5.47. The first-order chi connectivity index (χ1) is 17.3. The smallest absolute Gasteiger partial charge is 0.166 e. The maximum Gasteiger partial charge on any atom is 0.166 e. The molecular weight excluding hydrogens is 508 g/mol. The van der Waals surface area contributed by atoms with Crippen molar-refractivity contribution in [3.05, 3.63) is 70.0 Å². The fraction of sp³-hybridized carbons (Fsp3) is 0.346. The van der Waals surface area contributed by atoms with Crippen molar-refractivity contribution in [1.29, 1.82) is 0 Å². The molecule has 0 aliphatic carbocycles. The highest BCUT2D eigenvalue weighted by Gasteiger charge is 2.20. The number of anilines is 1. The van der Waals surface area contributed by atoms with Gasteiger partial charge in [0.05, 0.1) is 23.9 Å². The highest BCUT2D eigenvalue weighted by Crippen LogP contribution is 2.36. The van der Waals surface area contributed by atoms with Gasteiger partial charge < -0.3 is 25.1 Å². The molecule has 0 radical (unpaired) electrons. The third-order valence-corrected chi connectivity index (χ3v) is 6.55. The Bertz CT molecular complexity index is 1180. The number of ether oxygens (including phenoxy) is 3. The van der Waals surface area contributed by atoms with Crippen LogP contribution >= 0.6 is 23.2 Å². The van der Waals surface area contributed by atoms with Crippen molar-refractivity contribution in [3.63, 3.8) is 0 Å². The molecule has 1 aliphatic rings. The van der Waals surface area contributed by atoms with Crippen LogP contribution in [0.15, 0.2) is 48.5 Å². The Morgan fingerprint density at radius 1 is 1.11 bits per heavy atom. The molecule has 10 heteroatoms. The quantitative estimate of drug-likeness (QED) is 0.373. The average molecular weight is 536 g/mol. The highest BCUT2D eigenvalue weighted by atomic mass is 35.5. The Morgan fingerprint density at radius 3 is 2.53 bits per heavy atom. The average Bonchev–Trinajstić information content (AvgIpc) is 2.87. The summed E-state index contributed by atoms with van der Waals surface area (Å²) in [7, 11) is 0. The number of nitrogens with zero attached hydrogens (tertiary/aromatic N) is 2. The molecule has 7 nitrogen and oxygen atoms in total. The number of hydrogen-bond acceptors (Lipinski definition) is 7. The van der Waals surface area contributed by atoms with Crippen LogP contribution in [0.5, 0.6) is 11.5 Å². The number of benzene rings is 2. The number of aromatic nitrogens is 1. The lowest BCUT2D eigenvalue weighted by Gasteiger charge is -2.28. The second-order valence-corrected chi connectivity index (χ2v) is 9.28. The minimum Gasteiger partial charge on any atom is -0.491 e. The molecule has 0 spiro atoms.